The monoisotopic (exact) mass is 213 g/mol. The van der Waals surface area contributed by atoms with E-state index in [1.807, 2.05) is 6.92 Å². The fraction of sp³-hybridized carbons (Fsp3) is 0.800. The number of hydrogen-bond acceptors (Lipinski definition) is 3. The number of carbonyl (C=O) groups excluding carboxylic acids is 2. The molecule has 1 fully saturated rings. The second-order valence-electron chi connectivity index (χ2n) is 3.85. The fourth-order valence-corrected chi connectivity index (χ4v) is 1.10. The molecular formula is C10H19N3O2. The van der Waals surface area contributed by atoms with E-state index in [0.29, 0.717) is 12.6 Å². The van der Waals surface area contributed by atoms with Gasteiger partial charge in [-0.1, -0.05) is 0 Å². The molecule has 86 valence electrons. The van der Waals surface area contributed by atoms with Crippen molar-refractivity contribution < 1.29 is 9.59 Å². The highest BCUT2D eigenvalue weighted by atomic mass is 16.2. The summed E-state index contributed by atoms with van der Waals surface area (Å²) in [6, 6.07) is 0.383. The Morgan fingerprint density at radius 3 is 2.53 bits per heavy atom. The number of nitrogens with zero attached hydrogens (tertiary/aromatic N) is 1. The van der Waals surface area contributed by atoms with Crippen molar-refractivity contribution in [2.75, 3.05) is 26.7 Å². The molecule has 0 bridgehead atoms. The molecule has 0 saturated heterocycles. The molecule has 0 unspecified atom stereocenters. The largest absolute Gasteiger partial charge is 0.352 e. The lowest BCUT2D eigenvalue weighted by atomic mass is 10.4. The van der Waals surface area contributed by atoms with Crippen LogP contribution in [0, 0.1) is 0 Å². The number of rotatable bonds is 6. The minimum Gasteiger partial charge on any atom is -0.352 e. The minimum absolute atomic E-state index is 0.0109. The quantitative estimate of drug-likeness (QED) is 0.615. The molecule has 0 aliphatic heterocycles. The topological polar surface area (TPSA) is 61.4 Å². The Morgan fingerprint density at radius 2 is 2.00 bits per heavy atom. The van der Waals surface area contributed by atoms with Crippen LogP contribution in [0.25, 0.3) is 0 Å². The second-order valence-corrected chi connectivity index (χ2v) is 3.85. The lowest BCUT2D eigenvalue weighted by Gasteiger charge is -2.14. The summed E-state index contributed by atoms with van der Waals surface area (Å²) in [5, 5.41) is 5.67. The van der Waals surface area contributed by atoms with Gasteiger partial charge in [-0.05, 0) is 19.8 Å². The molecule has 0 aromatic rings. The van der Waals surface area contributed by atoms with Crippen LogP contribution in [0.5, 0.6) is 0 Å². The summed E-state index contributed by atoms with van der Waals surface area (Å²) in [5.41, 5.74) is 0. The van der Waals surface area contributed by atoms with Crippen molar-refractivity contribution in [3.8, 4) is 0 Å². The maximum atomic E-state index is 11.3. The fourth-order valence-electron chi connectivity index (χ4n) is 1.10. The van der Waals surface area contributed by atoms with Gasteiger partial charge in [-0.2, -0.15) is 0 Å². The average molecular weight is 213 g/mol. The van der Waals surface area contributed by atoms with Crippen molar-refractivity contribution in [3.63, 3.8) is 0 Å². The van der Waals surface area contributed by atoms with Crippen LogP contribution in [0.15, 0.2) is 0 Å². The Bertz CT molecular complexity index is 239. The van der Waals surface area contributed by atoms with Crippen LogP contribution in [-0.2, 0) is 9.59 Å². The Morgan fingerprint density at radius 1 is 1.33 bits per heavy atom. The molecule has 0 spiro atoms. The smallest absolute Gasteiger partial charge is 0.236 e. The van der Waals surface area contributed by atoms with E-state index in [9.17, 15) is 9.59 Å². The minimum atomic E-state index is -0.0237. The number of amides is 2. The van der Waals surface area contributed by atoms with Crippen molar-refractivity contribution >= 4 is 11.8 Å². The Hall–Kier alpha value is -1.10. The van der Waals surface area contributed by atoms with Crippen LogP contribution in [0.3, 0.4) is 0 Å². The summed E-state index contributed by atoms with van der Waals surface area (Å²) >= 11 is 0. The standard InChI is InChI=1S/C10H19N3O2/c1-3-13(2)10(15)7-11-6-9(14)12-8-4-5-8/h8,11H,3-7H2,1-2H3,(H,12,14). The van der Waals surface area contributed by atoms with Gasteiger partial charge in [0.25, 0.3) is 0 Å². The van der Waals surface area contributed by atoms with E-state index >= 15 is 0 Å². The Balaban J connectivity index is 2.04. The van der Waals surface area contributed by atoms with Gasteiger partial charge in [0.2, 0.25) is 11.8 Å². The van der Waals surface area contributed by atoms with Crippen LogP contribution in [-0.4, -0.2) is 49.4 Å². The summed E-state index contributed by atoms with van der Waals surface area (Å²) < 4.78 is 0. The van der Waals surface area contributed by atoms with E-state index < -0.39 is 0 Å². The predicted molar refractivity (Wildman–Crippen MR) is 57.3 cm³/mol. The van der Waals surface area contributed by atoms with Gasteiger partial charge in [0, 0.05) is 19.6 Å². The molecule has 2 amide bonds. The highest BCUT2D eigenvalue weighted by molar-refractivity contribution is 5.81. The second kappa shape index (κ2) is 5.70. The van der Waals surface area contributed by atoms with Gasteiger partial charge in [-0.3, -0.25) is 14.9 Å². The third-order valence-corrected chi connectivity index (χ3v) is 2.40. The summed E-state index contributed by atoms with van der Waals surface area (Å²) in [6.07, 6.45) is 2.17. The van der Waals surface area contributed by atoms with E-state index in [1.165, 1.54) is 0 Å². The highest BCUT2D eigenvalue weighted by Crippen LogP contribution is 2.17. The van der Waals surface area contributed by atoms with Crippen LogP contribution in [0.2, 0.25) is 0 Å². The summed E-state index contributed by atoms with van der Waals surface area (Å²) in [5.74, 6) is -0.0128. The van der Waals surface area contributed by atoms with Crippen LogP contribution in [0.4, 0.5) is 0 Å². The molecule has 1 saturated carbocycles. The van der Waals surface area contributed by atoms with E-state index in [2.05, 4.69) is 10.6 Å². The van der Waals surface area contributed by atoms with Gasteiger partial charge in [0.15, 0.2) is 0 Å². The number of carbonyl (C=O) groups is 2. The number of likely N-dealkylation sites (N-methyl/N-ethyl adjacent to an activating group) is 1. The molecule has 2 N–H and O–H groups in total. The van der Waals surface area contributed by atoms with Gasteiger partial charge < -0.3 is 10.2 Å². The van der Waals surface area contributed by atoms with E-state index in [4.69, 9.17) is 0 Å². The molecule has 0 radical (unpaired) electrons. The summed E-state index contributed by atoms with van der Waals surface area (Å²) in [7, 11) is 1.74. The van der Waals surface area contributed by atoms with Crippen molar-refractivity contribution in [3.05, 3.63) is 0 Å². The summed E-state index contributed by atoms with van der Waals surface area (Å²) in [6.45, 7) is 3.05. The number of nitrogens with one attached hydrogen (secondary N) is 2. The molecule has 0 heterocycles. The zero-order valence-electron chi connectivity index (χ0n) is 9.38. The highest BCUT2D eigenvalue weighted by Gasteiger charge is 2.22. The SMILES string of the molecule is CCN(C)C(=O)CNCC(=O)NC1CC1. The summed E-state index contributed by atoms with van der Waals surface area (Å²) in [4.78, 5) is 24.2. The molecule has 15 heavy (non-hydrogen) atoms. The van der Waals surface area contributed by atoms with Crippen molar-refractivity contribution in [1.82, 2.24) is 15.5 Å². The first-order valence-corrected chi connectivity index (χ1v) is 5.37. The molecule has 1 rings (SSSR count). The average Bonchev–Trinajstić information content (AvgIpc) is 3.00. The molecule has 5 heteroatoms. The van der Waals surface area contributed by atoms with E-state index in [-0.39, 0.29) is 24.9 Å². The molecule has 0 aromatic heterocycles. The van der Waals surface area contributed by atoms with Crippen LogP contribution in [0.1, 0.15) is 19.8 Å². The van der Waals surface area contributed by atoms with Gasteiger partial charge in [-0.25, -0.2) is 0 Å². The molecule has 1 aliphatic rings. The maximum absolute atomic E-state index is 11.3. The van der Waals surface area contributed by atoms with Crippen molar-refractivity contribution in [1.29, 1.82) is 0 Å². The van der Waals surface area contributed by atoms with Gasteiger partial charge in [0.05, 0.1) is 13.1 Å². The van der Waals surface area contributed by atoms with Crippen LogP contribution >= 0.6 is 0 Å². The first-order chi connectivity index (χ1) is 7.13. The molecule has 1 aliphatic carbocycles. The van der Waals surface area contributed by atoms with E-state index in [0.717, 1.165) is 12.8 Å². The van der Waals surface area contributed by atoms with Crippen molar-refractivity contribution in [2.45, 2.75) is 25.8 Å². The first-order valence-electron chi connectivity index (χ1n) is 5.37. The van der Waals surface area contributed by atoms with E-state index in [1.54, 1.807) is 11.9 Å². The lowest BCUT2D eigenvalue weighted by molar-refractivity contribution is -0.128. The maximum Gasteiger partial charge on any atom is 0.236 e. The zero-order chi connectivity index (χ0) is 11.3. The Kier molecular flexibility index (Phi) is 4.55. The normalized spacial score (nSPS) is 14.8. The van der Waals surface area contributed by atoms with Gasteiger partial charge in [0.1, 0.15) is 0 Å². The lowest BCUT2D eigenvalue weighted by Crippen LogP contribution is -2.40. The van der Waals surface area contributed by atoms with Gasteiger partial charge >= 0.3 is 0 Å². The van der Waals surface area contributed by atoms with Crippen molar-refractivity contribution in [2.24, 2.45) is 0 Å². The van der Waals surface area contributed by atoms with Crippen LogP contribution < -0.4 is 10.6 Å². The van der Waals surface area contributed by atoms with Gasteiger partial charge in [-0.15, -0.1) is 0 Å². The third kappa shape index (κ3) is 4.78. The Labute approximate surface area is 90.2 Å². The first kappa shape index (κ1) is 12.0. The molecular weight excluding hydrogens is 194 g/mol. The molecule has 0 atom stereocenters. The zero-order valence-corrected chi connectivity index (χ0v) is 9.38. The predicted octanol–water partition coefficient (Wildman–Crippen LogP) is -0.667. The number of hydrogen-bond donors (Lipinski definition) is 2. The third-order valence-electron chi connectivity index (χ3n) is 2.40. The molecule has 5 nitrogen and oxygen atoms in total. The molecule has 0 aromatic carbocycles.